The normalized spacial score (nSPS) is 10.5. The van der Waals surface area contributed by atoms with Gasteiger partial charge in [0.2, 0.25) is 0 Å². The summed E-state index contributed by atoms with van der Waals surface area (Å²) in [6.07, 6.45) is 0. The Morgan fingerprint density at radius 3 is 2.68 bits per heavy atom. The van der Waals surface area contributed by atoms with Crippen LogP contribution in [0.15, 0.2) is 48.5 Å². The number of aromatic nitrogens is 2. The number of benzene rings is 2. The van der Waals surface area contributed by atoms with Crippen molar-refractivity contribution in [2.24, 2.45) is 0 Å². The van der Waals surface area contributed by atoms with Crippen molar-refractivity contribution in [1.82, 2.24) is 14.7 Å². The first-order valence-electron chi connectivity index (χ1n) is 8.92. The highest BCUT2D eigenvalue weighted by atomic mass is 35.5. The van der Waals surface area contributed by atoms with Gasteiger partial charge in [-0.25, -0.2) is 0 Å². The molecule has 0 unspecified atom stereocenters. The maximum atomic E-state index is 12.8. The number of carbonyl (C=O) groups excluding carboxylic acids is 1. The van der Waals surface area contributed by atoms with Gasteiger partial charge in [-0.15, -0.1) is 0 Å². The van der Waals surface area contributed by atoms with Crippen LogP contribution in [-0.2, 0) is 13.1 Å². The second-order valence-electron chi connectivity index (χ2n) is 6.75. The van der Waals surface area contributed by atoms with Crippen LogP contribution in [0.4, 0.5) is 0 Å². The zero-order valence-corrected chi connectivity index (χ0v) is 16.9. The first-order valence-corrected chi connectivity index (χ1v) is 9.30. The zero-order valence-electron chi connectivity index (χ0n) is 16.1. The standard InChI is InChI=1S/C22H21ClN4O/c1-15-20(14-26(3)22(28)18-9-6-7-17(11-18)12-24)16(2)27(25-15)13-19-8-4-5-10-21(19)23/h4-11H,13-14H2,1-3H3. The van der Waals surface area contributed by atoms with Crippen LogP contribution in [0.5, 0.6) is 0 Å². The van der Waals surface area contributed by atoms with Crippen molar-refractivity contribution in [3.8, 4) is 6.07 Å². The molecule has 5 nitrogen and oxygen atoms in total. The lowest BCUT2D eigenvalue weighted by molar-refractivity contribution is 0.0784. The van der Waals surface area contributed by atoms with Gasteiger partial charge in [-0.3, -0.25) is 9.48 Å². The smallest absolute Gasteiger partial charge is 0.253 e. The third-order valence-electron chi connectivity index (χ3n) is 4.79. The molecular formula is C22H21ClN4O. The second kappa shape index (κ2) is 8.28. The fourth-order valence-electron chi connectivity index (χ4n) is 3.16. The Kier molecular flexibility index (Phi) is 5.81. The van der Waals surface area contributed by atoms with Gasteiger partial charge in [0.15, 0.2) is 0 Å². The molecule has 1 amide bonds. The van der Waals surface area contributed by atoms with Crippen molar-refractivity contribution in [1.29, 1.82) is 5.26 Å². The van der Waals surface area contributed by atoms with Gasteiger partial charge in [0.05, 0.1) is 23.9 Å². The van der Waals surface area contributed by atoms with Gasteiger partial charge in [0.25, 0.3) is 5.91 Å². The topological polar surface area (TPSA) is 61.9 Å². The van der Waals surface area contributed by atoms with E-state index in [0.717, 1.165) is 22.5 Å². The fourth-order valence-corrected chi connectivity index (χ4v) is 3.35. The molecule has 6 heteroatoms. The lowest BCUT2D eigenvalue weighted by Gasteiger charge is -2.18. The van der Waals surface area contributed by atoms with Crippen LogP contribution in [-0.4, -0.2) is 27.6 Å². The molecular weight excluding hydrogens is 372 g/mol. The molecule has 0 aliphatic carbocycles. The Labute approximate surface area is 169 Å². The highest BCUT2D eigenvalue weighted by Crippen LogP contribution is 2.21. The summed E-state index contributed by atoms with van der Waals surface area (Å²) in [5, 5.41) is 14.4. The van der Waals surface area contributed by atoms with Crippen molar-refractivity contribution in [3.63, 3.8) is 0 Å². The number of carbonyl (C=O) groups is 1. The molecule has 1 heterocycles. The molecule has 0 spiro atoms. The summed E-state index contributed by atoms with van der Waals surface area (Å²) < 4.78 is 1.92. The van der Waals surface area contributed by atoms with E-state index < -0.39 is 0 Å². The van der Waals surface area contributed by atoms with Gasteiger partial charge in [-0.1, -0.05) is 35.9 Å². The number of aryl methyl sites for hydroxylation is 1. The molecule has 0 saturated carbocycles. The van der Waals surface area contributed by atoms with E-state index in [1.54, 1.807) is 36.2 Å². The van der Waals surface area contributed by atoms with Crippen LogP contribution in [0.1, 0.15) is 38.4 Å². The molecule has 1 aromatic heterocycles. The summed E-state index contributed by atoms with van der Waals surface area (Å²) >= 11 is 6.27. The second-order valence-corrected chi connectivity index (χ2v) is 7.16. The minimum absolute atomic E-state index is 0.130. The van der Waals surface area contributed by atoms with E-state index in [1.165, 1.54) is 0 Å². The molecule has 3 rings (SSSR count). The SMILES string of the molecule is Cc1nn(Cc2ccccc2Cl)c(C)c1CN(C)C(=O)c1cccc(C#N)c1. The third kappa shape index (κ3) is 4.08. The number of nitrogens with zero attached hydrogens (tertiary/aromatic N) is 4. The average Bonchev–Trinajstić information content (AvgIpc) is 2.96. The van der Waals surface area contributed by atoms with Crippen LogP contribution < -0.4 is 0 Å². The summed E-state index contributed by atoms with van der Waals surface area (Å²) in [7, 11) is 1.76. The highest BCUT2D eigenvalue weighted by Gasteiger charge is 2.18. The first-order chi connectivity index (χ1) is 13.4. The lowest BCUT2D eigenvalue weighted by Crippen LogP contribution is -2.26. The van der Waals surface area contributed by atoms with Crippen molar-refractivity contribution in [2.45, 2.75) is 26.9 Å². The van der Waals surface area contributed by atoms with E-state index in [0.29, 0.717) is 29.2 Å². The van der Waals surface area contributed by atoms with Crippen molar-refractivity contribution in [3.05, 3.63) is 87.2 Å². The summed E-state index contributed by atoms with van der Waals surface area (Å²) in [4.78, 5) is 14.4. The largest absolute Gasteiger partial charge is 0.337 e. The Morgan fingerprint density at radius 1 is 1.21 bits per heavy atom. The number of rotatable bonds is 5. The van der Waals surface area contributed by atoms with Gasteiger partial charge in [-0.2, -0.15) is 10.4 Å². The molecule has 0 N–H and O–H groups in total. The highest BCUT2D eigenvalue weighted by molar-refractivity contribution is 6.31. The quantitative estimate of drug-likeness (QED) is 0.648. The van der Waals surface area contributed by atoms with E-state index in [2.05, 4.69) is 11.2 Å². The Bertz CT molecular complexity index is 1060. The summed E-state index contributed by atoms with van der Waals surface area (Å²) in [6, 6.07) is 16.5. The maximum Gasteiger partial charge on any atom is 0.253 e. The van der Waals surface area contributed by atoms with Crippen molar-refractivity contribution < 1.29 is 4.79 Å². The van der Waals surface area contributed by atoms with Crippen LogP contribution in [0, 0.1) is 25.2 Å². The molecule has 0 radical (unpaired) electrons. The number of nitriles is 1. The van der Waals surface area contributed by atoms with E-state index in [-0.39, 0.29) is 5.91 Å². The van der Waals surface area contributed by atoms with Gasteiger partial charge in [-0.05, 0) is 43.7 Å². The maximum absolute atomic E-state index is 12.8. The Balaban J connectivity index is 1.80. The van der Waals surface area contributed by atoms with Gasteiger partial charge in [0.1, 0.15) is 0 Å². The van der Waals surface area contributed by atoms with Crippen LogP contribution >= 0.6 is 11.6 Å². The van der Waals surface area contributed by atoms with Gasteiger partial charge >= 0.3 is 0 Å². The predicted molar refractivity (Wildman–Crippen MR) is 109 cm³/mol. The number of amides is 1. The summed E-state index contributed by atoms with van der Waals surface area (Å²) in [5.74, 6) is -0.130. The van der Waals surface area contributed by atoms with Gasteiger partial charge < -0.3 is 4.90 Å². The van der Waals surface area contributed by atoms with E-state index in [9.17, 15) is 4.79 Å². The number of hydrogen-bond donors (Lipinski definition) is 0. The number of halogens is 1. The average molecular weight is 393 g/mol. The first kappa shape index (κ1) is 19.7. The van der Waals surface area contributed by atoms with E-state index >= 15 is 0 Å². The Hall–Kier alpha value is -3.10. The Morgan fingerprint density at radius 2 is 1.96 bits per heavy atom. The molecule has 0 bridgehead atoms. The molecule has 3 aromatic rings. The zero-order chi connectivity index (χ0) is 20.3. The molecule has 0 saturated heterocycles. The lowest BCUT2D eigenvalue weighted by atomic mass is 10.1. The molecule has 0 atom stereocenters. The molecule has 0 fully saturated rings. The monoisotopic (exact) mass is 392 g/mol. The molecule has 0 aliphatic heterocycles. The van der Waals surface area contributed by atoms with Gasteiger partial charge in [0, 0.05) is 35.4 Å². The fraction of sp³-hybridized carbons (Fsp3) is 0.227. The number of hydrogen-bond acceptors (Lipinski definition) is 3. The summed E-state index contributed by atoms with van der Waals surface area (Å²) in [6.45, 7) is 4.96. The predicted octanol–water partition coefficient (Wildman–Crippen LogP) is 4.35. The van der Waals surface area contributed by atoms with E-state index in [1.807, 2.05) is 42.8 Å². The molecule has 2 aromatic carbocycles. The third-order valence-corrected chi connectivity index (χ3v) is 5.16. The van der Waals surface area contributed by atoms with Crippen LogP contribution in [0.3, 0.4) is 0 Å². The van der Waals surface area contributed by atoms with Crippen LogP contribution in [0.25, 0.3) is 0 Å². The van der Waals surface area contributed by atoms with E-state index in [4.69, 9.17) is 16.9 Å². The van der Waals surface area contributed by atoms with Crippen LogP contribution in [0.2, 0.25) is 5.02 Å². The summed E-state index contributed by atoms with van der Waals surface area (Å²) in [5.41, 5.74) is 4.87. The minimum Gasteiger partial charge on any atom is -0.337 e. The molecule has 0 aliphatic rings. The van der Waals surface area contributed by atoms with Crippen molar-refractivity contribution in [2.75, 3.05) is 7.05 Å². The molecule has 28 heavy (non-hydrogen) atoms. The minimum atomic E-state index is -0.130. The molecule has 142 valence electrons. The van der Waals surface area contributed by atoms with Crippen molar-refractivity contribution >= 4 is 17.5 Å².